The summed E-state index contributed by atoms with van der Waals surface area (Å²) in [7, 11) is 2.12. The first kappa shape index (κ1) is 20.3. The molecule has 0 spiro atoms. The molecule has 1 saturated carbocycles. The molecule has 5 nitrogen and oxygen atoms in total. The third-order valence-corrected chi connectivity index (χ3v) is 7.17. The predicted molar refractivity (Wildman–Crippen MR) is 123 cm³/mol. The summed E-state index contributed by atoms with van der Waals surface area (Å²) in [6.07, 6.45) is 9.61. The van der Waals surface area contributed by atoms with Crippen LogP contribution in [0.25, 0.3) is 10.9 Å². The lowest BCUT2D eigenvalue weighted by atomic mass is 9.83. The molecule has 2 aliphatic rings. The molecule has 1 aromatic carbocycles. The Bertz CT molecular complexity index is 1040. The number of aryl methyl sites for hydroxylation is 1. The van der Waals surface area contributed by atoms with E-state index in [4.69, 9.17) is 0 Å². The molecule has 162 valence electrons. The lowest BCUT2D eigenvalue weighted by Crippen LogP contribution is -2.45. The van der Waals surface area contributed by atoms with Gasteiger partial charge in [-0.25, -0.2) is 0 Å². The molecule has 2 aromatic heterocycles. The Balaban J connectivity index is 1.34. The van der Waals surface area contributed by atoms with E-state index in [9.17, 15) is 4.79 Å². The van der Waals surface area contributed by atoms with Crippen LogP contribution in [0.2, 0.25) is 0 Å². The fourth-order valence-corrected chi connectivity index (χ4v) is 5.23. The highest BCUT2D eigenvalue weighted by Crippen LogP contribution is 2.33. The van der Waals surface area contributed by atoms with Crippen molar-refractivity contribution < 1.29 is 4.79 Å². The van der Waals surface area contributed by atoms with Gasteiger partial charge in [0, 0.05) is 49.4 Å². The predicted octanol–water partition coefficient (Wildman–Crippen LogP) is 4.44. The van der Waals surface area contributed by atoms with Gasteiger partial charge in [0.25, 0.3) is 0 Å². The number of likely N-dealkylation sites (tertiary alicyclic amines) is 1. The van der Waals surface area contributed by atoms with Crippen molar-refractivity contribution in [2.75, 3.05) is 13.1 Å². The van der Waals surface area contributed by atoms with Gasteiger partial charge in [-0.05, 0) is 61.9 Å². The summed E-state index contributed by atoms with van der Waals surface area (Å²) in [6.45, 7) is 3.03. The van der Waals surface area contributed by atoms with Gasteiger partial charge >= 0.3 is 0 Å². The summed E-state index contributed by atoms with van der Waals surface area (Å²) in [5, 5.41) is 4.73. The van der Waals surface area contributed by atoms with Gasteiger partial charge in [-0.1, -0.05) is 30.7 Å². The maximum atomic E-state index is 12.8. The Kier molecular flexibility index (Phi) is 5.77. The number of amides is 1. The Hall–Kier alpha value is -2.66. The van der Waals surface area contributed by atoms with E-state index >= 15 is 0 Å². The summed E-state index contributed by atoms with van der Waals surface area (Å²) in [4.78, 5) is 20.0. The molecule has 2 atom stereocenters. The van der Waals surface area contributed by atoms with Gasteiger partial charge in [-0.3, -0.25) is 14.7 Å². The lowest BCUT2D eigenvalue weighted by Gasteiger charge is -2.38. The van der Waals surface area contributed by atoms with E-state index in [-0.39, 0.29) is 17.9 Å². The van der Waals surface area contributed by atoms with E-state index in [1.165, 1.54) is 22.9 Å². The first-order valence-corrected chi connectivity index (χ1v) is 11.7. The zero-order valence-corrected chi connectivity index (χ0v) is 18.3. The lowest BCUT2D eigenvalue weighted by molar-refractivity contribution is -0.128. The average molecular weight is 417 g/mol. The van der Waals surface area contributed by atoms with Crippen LogP contribution in [-0.2, 0) is 18.4 Å². The smallest absolute Gasteiger partial charge is 0.223 e. The molecule has 2 fully saturated rings. The van der Waals surface area contributed by atoms with Crippen LogP contribution in [0.3, 0.4) is 0 Å². The van der Waals surface area contributed by atoms with Gasteiger partial charge in [0.1, 0.15) is 0 Å². The number of benzene rings is 1. The van der Waals surface area contributed by atoms with Crippen LogP contribution < -0.4 is 5.32 Å². The quantitative estimate of drug-likeness (QED) is 0.646. The third kappa shape index (κ3) is 4.24. The van der Waals surface area contributed by atoms with Crippen molar-refractivity contribution >= 4 is 16.8 Å². The number of nitrogens with zero attached hydrogens (tertiary/aromatic N) is 3. The standard InChI is InChI=1S/C26H32N4O/c1-29-16-21(22-11-2-3-13-24(22)29)18-30-15-7-10-20(17-30)25(23-12-4-5-14-27-23)28-26(31)19-8-6-9-19/h2-5,11-14,16,19-20,25H,6-10,15,17-18H2,1H3,(H,28,31)/t20-,25+/m1/s1. The Labute approximate surface area is 184 Å². The van der Waals surface area contributed by atoms with E-state index in [0.29, 0.717) is 5.92 Å². The first-order valence-electron chi connectivity index (χ1n) is 11.7. The van der Waals surface area contributed by atoms with Crippen LogP contribution in [0, 0.1) is 11.8 Å². The summed E-state index contributed by atoms with van der Waals surface area (Å²) in [6, 6.07) is 14.7. The SMILES string of the molecule is Cn1cc(CN2CCC[C@@H]([C@H](NC(=O)C3CCC3)c3ccccn3)C2)c2ccccc21. The highest BCUT2D eigenvalue weighted by molar-refractivity contribution is 5.83. The first-order chi connectivity index (χ1) is 15.2. The normalized spacial score (nSPS) is 21.0. The van der Waals surface area contributed by atoms with Crippen molar-refractivity contribution in [3.05, 3.63) is 66.1 Å². The molecule has 1 aliphatic carbocycles. The molecule has 5 heteroatoms. The van der Waals surface area contributed by atoms with Crippen LogP contribution in [0.4, 0.5) is 0 Å². The highest BCUT2D eigenvalue weighted by Gasteiger charge is 2.33. The second-order valence-electron chi connectivity index (χ2n) is 9.29. The van der Waals surface area contributed by atoms with Crippen LogP contribution in [-0.4, -0.2) is 33.4 Å². The van der Waals surface area contributed by atoms with Crippen molar-refractivity contribution in [1.29, 1.82) is 0 Å². The Morgan fingerprint density at radius 3 is 2.74 bits per heavy atom. The minimum absolute atomic E-state index is 0.00961. The van der Waals surface area contributed by atoms with Crippen molar-refractivity contribution in [3.63, 3.8) is 0 Å². The number of pyridine rings is 1. The molecule has 0 bridgehead atoms. The molecule has 3 heterocycles. The fraction of sp³-hybridized carbons (Fsp3) is 0.462. The van der Waals surface area contributed by atoms with Crippen molar-refractivity contribution in [2.45, 2.75) is 44.7 Å². The molecule has 0 radical (unpaired) electrons. The van der Waals surface area contributed by atoms with E-state index in [1.54, 1.807) is 0 Å². The van der Waals surface area contributed by atoms with Gasteiger partial charge in [0.15, 0.2) is 0 Å². The number of nitrogens with one attached hydrogen (secondary N) is 1. The summed E-state index contributed by atoms with van der Waals surface area (Å²) < 4.78 is 2.22. The van der Waals surface area contributed by atoms with E-state index in [1.807, 2.05) is 18.3 Å². The second kappa shape index (κ2) is 8.83. The number of para-hydroxylation sites is 1. The molecule has 1 aliphatic heterocycles. The number of piperidine rings is 1. The van der Waals surface area contributed by atoms with Crippen LogP contribution in [0.1, 0.15) is 49.4 Å². The topological polar surface area (TPSA) is 50.2 Å². The van der Waals surface area contributed by atoms with E-state index in [2.05, 4.69) is 63.3 Å². The number of rotatable bonds is 6. The Morgan fingerprint density at radius 2 is 1.97 bits per heavy atom. The number of fused-ring (bicyclic) bond motifs is 1. The molecule has 1 amide bonds. The molecule has 5 rings (SSSR count). The number of aromatic nitrogens is 2. The highest BCUT2D eigenvalue weighted by atomic mass is 16.2. The number of hydrogen-bond donors (Lipinski definition) is 1. The monoisotopic (exact) mass is 416 g/mol. The van der Waals surface area contributed by atoms with Crippen molar-refractivity contribution in [2.24, 2.45) is 18.9 Å². The summed E-state index contributed by atoms with van der Waals surface area (Å²) in [5.41, 5.74) is 3.66. The minimum Gasteiger partial charge on any atom is -0.350 e. The Morgan fingerprint density at radius 1 is 1.13 bits per heavy atom. The van der Waals surface area contributed by atoms with Crippen molar-refractivity contribution in [1.82, 2.24) is 19.8 Å². The number of hydrogen-bond acceptors (Lipinski definition) is 3. The molecule has 31 heavy (non-hydrogen) atoms. The minimum atomic E-state index is -0.00961. The molecule has 1 N–H and O–H groups in total. The van der Waals surface area contributed by atoms with E-state index < -0.39 is 0 Å². The largest absolute Gasteiger partial charge is 0.350 e. The molecule has 0 unspecified atom stereocenters. The summed E-state index contributed by atoms with van der Waals surface area (Å²) >= 11 is 0. The second-order valence-corrected chi connectivity index (χ2v) is 9.29. The molecular weight excluding hydrogens is 384 g/mol. The molecule has 3 aromatic rings. The maximum absolute atomic E-state index is 12.8. The molecular formula is C26H32N4O. The number of carbonyl (C=O) groups is 1. The van der Waals surface area contributed by atoms with E-state index in [0.717, 1.165) is 51.0 Å². The van der Waals surface area contributed by atoms with Crippen LogP contribution >= 0.6 is 0 Å². The molecule has 1 saturated heterocycles. The van der Waals surface area contributed by atoms with Gasteiger partial charge in [-0.2, -0.15) is 0 Å². The maximum Gasteiger partial charge on any atom is 0.223 e. The average Bonchev–Trinajstić information content (AvgIpc) is 3.07. The zero-order valence-electron chi connectivity index (χ0n) is 18.3. The van der Waals surface area contributed by atoms with Crippen LogP contribution in [0.5, 0.6) is 0 Å². The van der Waals surface area contributed by atoms with Gasteiger partial charge in [0.2, 0.25) is 5.91 Å². The van der Waals surface area contributed by atoms with Crippen LogP contribution in [0.15, 0.2) is 54.9 Å². The van der Waals surface area contributed by atoms with Crippen molar-refractivity contribution in [3.8, 4) is 0 Å². The number of carbonyl (C=O) groups excluding carboxylic acids is 1. The van der Waals surface area contributed by atoms with Gasteiger partial charge < -0.3 is 9.88 Å². The summed E-state index contributed by atoms with van der Waals surface area (Å²) in [5.74, 6) is 0.789. The van der Waals surface area contributed by atoms with Gasteiger partial charge in [-0.15, -0.1) is 0 Å². The third-order valence-electron chi connectivity index (χ3n) is 7.17. The van der Waals surface area contributed by atoms with Gasteiger partial charge in [0.05, 0.1) is 11.7 Å². The fourth-order valence-electron chi connectivity index (χ4n) is 5.23. The zero-order chi connectivity index (χ0) is 21.2.